The van der Waals surface area contributed by atoms with Crippen LogP contribution in [-0.2, 0) is 4.79 Å². The Morgan fingerprint density at radius 3 is 2.03 bits per heavy atom. The Bertz CT molecular complexity index is 1070. The minimum atomic E-state index is -0.710. The van der Waals surface area contributed by atoms with Gasteiger partial charge in [0.25, 0.3) is 5.91 Å². The zero-order valence-corrected chi connectivity index (χ0v) is 19.6. The highest BCUT2D eigenvalue weighted by Crippen LogP contribution is 2.18. The fraction of sp³-hybridized carbons (Fsp3) is 0.0870. The van der Waals surface area contributed by atoms with Gasteiger partial charge in [-0.1, -0.05) is 31.9 Å². The number of nitrogens with one attached hydrogen (secondary N) is 1. The van der Waals surface area contributed by atoms with Crippen molar-refractivity contribution in [3.63, 3.8) is 0 Å². The van der Waals surface area contributed by atoms with Gasteiger partial charge in [0.05, 0.1) is 11.8 Å². The molecular weight excluding hydrogens is 528 g/mol. The third-order valence-corrected chi connectivity index (χ3v) is 5.11. The molecule has 0 aliphatic carbocycles. The van der Waals surface area contributed by atoms with Crippen LogP contribution in [0.3, 0.4) is 0 Å². The molecule has 1 atom stereocenters. The van der Waals surface area contributed by atoms with Crippen LogP contribution in [0.25, 0.3) is 0 Å². The van der Waals surface area contributed by atoms with Crippen molar-refractivity contribution in [3.05, 3.63) is 92.9 Å². The monoisotopic (exact) mass is 544 g/mol. The molecule has 3 rings (SSSR count). The number of esters is 1. The quantitative estimate of drug-likeness (QED) is 0.188. The van der Waals surface area contributed by atoms with Gasteiger partial charge >= 0.3 is 5.97 Å². The fourth-order valence-electron chi connectivity index (χ4n) is 2.41. The summed E-state index contributed by atoms with van der Waals surface area (Å²) in [4.78, 5) is 24.3. The van der Waals surface area contributed by atoms with Crippen molar-refractivity contribution in [2.24, 2.45) is 5.10 Å². The maximum absolute atomic E-state index is 12.1. The number of carbonyl (C=O) groups excluding carboxylic acids is 2. The molecule has 0 aliphatic rings. The number of benzene rings is 3. The SMILES string of the molecule is CC(Oc1ccc(Br)cc1)C(=O)N/N=C/c1ccc(OC(=O)c2ccc(Br)cc2)cc1. The van der Waals surface area contributed by atoms with E-state index in [-0.39, 0.29) is 5.91 Å². The van der Waals surface area contributed by atoms with Gasteiger partial charge in [-0.25, -0.2) is 10.2 Å². The van der Waals surface area contributed by atoms with Gasteiger partial charge in [0.2, 0.25) is 0 Å². The predicted octanol–water partition coefficient (Wildman–Crippen LogP) is 5.35. The molecule has 0 saturated carbocycles. The topological polar surface area (TPSA) is 77.0 Å². The van der Waals surface area contributed by atoms with E-state index in [1.54, 1.807) is 67.6 Å². The molecule has 0 bridgehead atoms. The summed E-state index contributed by atoms with van der Waals surface area (Å²) < 4.78 is 12.7. The molecule has 0 radical (unpaired) electrons. The van der Waals surface area contributed by atoms with E-state index < -0.39 is 12.1 Å². The molecule has 31 heavy (non-hydrogen) atoms. The first kappa shape index (κ1) is 22.7. The van der Waals surface area contributed by atoms with Crippen molar-refractivity contribution in [2.45, 2.75) is 13.0 Å². The normalized spacial score (nSPS) is 11.7. The molecule has 3 aromatic rings. The molecule has 0 spiro atoms. The van der Waals surface area contributed by atoms with Gasteiger partial charge in [-0.2, -0.15) is 5.10 Å². The first-order valence-electron chi connectivity index (χ1n) is 9.23. The summed E-state index contributed by atoms with van der Waals surface area (Å²) in [7, 11) is 0. The number of nitrogens with zero attached hydrogens (tertiary/aromatic N) is 1. The second kappa shape index (κ2) is 10.9. The Labute approximate surface area is 196 Å². The van der Waals surface area contributed by atoms with Crippen molar-refractivity contribution < 1.29 is 19.1 Å². The summed E-state index contributed by atoms with van der Waals surface area (Å²) in [5.74, 6) is 0.175. The summed E-state index contributed by atoms with van der Waals surface area (Å²) in [6.45, 7) is 1.64. The number of amides is 1. The number of halogens is 2. The van der Waals surface area contributed by atoms with Crippen molar-refractivity contribution >= 4 is 50.0 Å². The van der Waals surface area contributed by atoms with Crippen LogP contribution in [0.1, 0.15) is 22.8 Å². The Kier molecular flexibility index (Phi) is 7.97. The van der Waals surface area contributed by atoms with Crippen LogP contribution in [-0.4, -0.2) is 24.2 Å². The van der Waals surface area contributed by atoms with Crippen molar-refractivity contribution in [1.82, 2.24) is 5.43 Å². The molecule has 6 nitrogen and oxygen atoms in total. The molecule has 1 N–H and O–H groups in total. The number of hydrogen-bond acceptors (Lipinski definition) is 5. The smallest absolute Gasteiger partial charge is 0.343 e. The molecular formula is C23H18Br2N2O4. The van der Waals surface area contributed by atoms with Crippen LogP contribution in [0.2, 0.25) is 0 Å². The van der Waals surface area contributed by atoms with E-state index in [1.165, 1.54) is 6.21 Å². The Balaban J connectivity index is 1.49. The van der Waals surface area contributed by atoms with Crippen LogP contribution in [0.15, 0.2) is 86.8 Å². The predicted molar refractivity (Wildman–Crippen MR) is 126 cm³/mol. The summed E-state index contributed by atoms with van der Waals surface area (Å²) >= 11 is 6.67. The number of hydrazone groups is 1. The third-order valence-electron chi connectivity index (χ3n) is 4.05. The number of rotatable bonds is 7. The highest BCUT2D eigenvalue weighted by atomic mass is 79.9. The summed E-state index contributed by atoms with van der Waals surface area (Å²) in [6, 6.07) is 20.8. The molecule has 158 valence electrons. The lowest BCUT2D eigenvalue weighted by Gasteiger charge is -2.12. The largest absolute Gasteiger partial charge is 0.481 e. The van der Waals surface area contributed by atoms with E-state index in [9.17, 15) is 9.59 Å². The van der Waals surface area contributed by atoms with Crippen molar-refractivity contribution in [2.75, 3.05) is 0 Å². The van der Waals surface area contributed by atoms with Crippen LogP contribution < -0.4 is 14.9 Å². The second-order valence-electron chi connectivity index (χ2n) is 6.41. The zero-order valence-electron chi connectivity index (χ0n) is 16.4. The summed E-state index contributed by atoms with van der Waals surface area (Å²) in [5.41, 5.74) is 3.62. The second-order valence-corrected chi connectivity index (χ2v) is 8.25. The van der Waals surface area contributed by atoms with Gasteiger partial charge < -0.3 is 9.47 Å². The van der Waals surface area contributed by atoms with Gasteiger partial charge in [-0.05, 0) is 85.3 Å². The van der Waals surface area contributed by atoms with Crippen LogP contribution in [0.4, 0.5) is 0 Å². The molecule has 3 aromatic carbocycles. The minimum Gasteiger partial charge on any atom is -0.481 e. The third kappa shape index (κ3) is 7.04. The van der Waals surface area contributed by atoms with Crippen molar-refractivity contribution in [1.29, 1.82) is 0 Å². The average Bonchev–Trinajstić information content (AvgIpc) is 2.77. The molecule has 0 aromatic heterocycles. The molecule has 0 heterocycles. The van der Waals surface area contributed by atoms with Crippen LogP contribution in [0.5, 0.6) is 11.5 Å². The molecule has 8 heteroatoms. The zero-order chi connectivity index (χ0) is 22.2. The molecule has 1 amide bonds. The lowest BCUT2D eigenvalue weighted by atomic mass is 10.2. The maximum atomic E-state index is 12.1. The molecule has 0 aliphatic heterocycles. The van der Waals surface area contributed by atoms with Crippen molar-refractivity contribution in [3.8, 4) is 11.5 Å². The van der Waals surface area contributed by atoms with E-state index in [0.717, 1.165) is 14.5 Å². The lowest BCUT2D eigenvalue weighted by molar-refractivity contribution is -0.127. The molecule has 0 fully saturated rings. The van der Waals surface area contributed by atoms with Crippen LogP contribution >= 0.6 is 31.9 Å². The van der Waals surface area contributed by atoms with Gasteiger partial charge in [0.15, 0.2) is 6.10 Å². The van der Waals surface area contributed by atoms with Crippen LogP contribution in [0, 0.1) is 0 Å². The van der Waals surface area contributed by atoms with E-state index in [1.807, 2.05) is 12.1 Å². The summed E-state index contributed by atoms with van der Waals surface area (Å²) in [6.07, 6.45) is 0.781. The molecule has 1 unspecified atom stereocenters. The average molecular weight is 546 g/mol. The first-order valence-corrected chi connectivity index (χ1v) is 10.8. The van der Waals surface area contributed by atoms with E-state index in [4.69, 9.17) is 9.47 Å². The highest BCUT2D eigenvalue weighted by Gasteiger charge is 2.13. The van der Waals surface area contributed by atoms with E-state index in [0.29, 0.717) is 17.1 Å². The minimum absolute atomic E-state index is 0.376. The van der Waals surface area contributed by atoms with Gasteiger partial charge in [0, 0.05) is 8.95 Å². The Morgan fingerprint density at radius 2 is 1.42 bits per heavy atom. The van der Waals surface area contributed by atoms with Gasteiger partial charge in [-0.3, -0.25) is 4.79 Å². The van der Waals surface area contributed by atoms with Gasteiger partial charge in [-0.15, -0.1) is 0 Å². The summed E-state index contributed by atoms with van der Waals surface area (Å²) in [5, 5.41) is 3.94. The Hall–Kier alpha value is -2.97. The maximum Gasteiger partial charge on any atom is 0.343 e. The number of ether oxygens (including phenoxy) is 2. The number of carbonyl (C=O) groups is 2. The number of hydrogen-bond donors (Lipinski definition) is 1. The first-order chi connectivity index (χ1) is 14.9. The standard InChI is InChI=1S/C23H18Br2N2O4/c1-15(30-20-12-8-19(25)9-13-20)22(28)27-26-14-16-2-10-21(11-3-16)31-23(29)17-4-6-18(24)7-5-17/h2-15H,1H3,(H,27,28)/b26-14+. The van der Waals surface area contributed by atoms with E-state index in [2.05, 4.69) is 42.4 Å². The molecule has 0 saturated heterocycles. The highest BCUT2D eigenvalue weighted by molar-refractivity contribution is 9.10. The fourth-order valence-corrected chi connectivity index (χ4v) is 2.93. The van der Waals surface area contributed by atoms with E-state index >= 15 is 0 Å². The Morgan fingerprint density at radius 1 is 0.871 bits per heavy atom. The lowest BCUT2D eigenvalue weighted by Crippen LogP contribution is -2.33. The van der Waals surface area contributed by atoms with Gasteiger partial charge in [0.1, 0.15) is 11.5 Å².